The highest BCUT2D eigenvalue weighted by atomic mass is 35.5. The molecule has 0 aliphatic rings. The van der Waals surface area contributed by atoms with E-state index in [9.17, 15) is 57.9 Å². The van der Waals surface area contributed by atoms with E-state index in [0.29, 0.717) is 6.07 Å². The first kappa shape index (κ1) is 33.4. The normalized spacial score (nSPS) is 12.3. The number of amides is 1. The molecular weight excluding hydrogens is 635 g/mol. The highest BCUT2D eigenvalue weighted by Crippen LogP contribution is 2.54. The van der Waals surface area contributed by atoms with Gasteiger partial charge in [0.05, 0.1) is 23.9 Å². The summed E-state index contributed by atoms with van der Waals surface area (Å²) in [4.78, 5) is 25.7. The van der Waals surface area contributed by atoms with E-state index in [4.69, 9.17) is 16.3 Å². The van der Waals surface area contributed by atoms with Crippen LogP contribution in [0.25, 0.3) is 0 Å². The van der Waals surface area contributed by atoms with E-state index >= 15 is 0 Å². The van der Waals surface area contributed by atoms with E-state index in [0.717, 1.165) is 31.4 Å². The third kappa shape index (κ3) is 6.78. The van der Waals surface area contributed by atoms with Gasteiger partial charge in [-0.1, -0.05) is 17.7 Å². The van der Waals surface area contributed by atoms with Gasteiger partial charge in [-0.2, -0.15) is 35.1 Å². The maximum atomic E-state index is 14.6. The van der Waals surface area contributed by atoms with Gasteiger partial charge in [-0.15, -0.1) is 0 Å². The highest BCUT2D eigenvalue weighted by molar-refractivity contribution is 6.32. The van der Waals surface area contributed by atoms with Crippen LogP contribution in [0.1, 0.15) is 31.8 Å². The van der Waals surface area contributed by atoms with Crippen molar-refractivity contribution in [2.45, 2.75) is 31.1 Å². The molecule has 3 rings (SSSR count). The number of rotatable bonds is 9. The summed E-state index contributed by atoms with van der Waals surface area (Å²) in [5.74, 6) is -6.29. The number of benzene rings is 3. The third-order valence-corrected chi connectivity index (χ3v) is 6.17. The average Bonchev–Trinajstić information content (AvgIpc) is 2.87. The summed E-state index contributed by atoms with van der Waals surface area (Å²) in [7, 11) is 1.02. The molecule has 5 nitrogen and oxygen atoms in total. The highest BCUT2D eigenvalue weighted by Gasteiger charge is 2.73. The lowest BCUT2D eigenvalue weighted by Gasteiger charge is -2.31. The Morgan fingerprint density at radius 1 is 0.907 bits per heavy atom. The Morgan fingerprint density at radius 3 is 2.07 bits per heavy atom. The first-order chi connectivity index (χ1) is 19.8. The van der Waals surface area contributed by atoms with Gasteiger partial charge in [-0.3, -0.25) is 9.59 Å². The van der Waals surface area contributed by atoms with Gasteiger partial charge in [0.25, 0.3) is 5.91 Å². The van der Waals surface area contributed by atoms with Crippen molar-refractivity contribution in [3.05, 3.63) is 87.4 Å². The van der Waals surface area contributed by atoms with Crippen molar-refractivity contribution in [1.29, 1.82) is 0 Å². The Labute approximate surface area is 239 Å². The number of ketones is 1. The van der Waals surface area contributed by atoms with Gasteiger partial charge in [0.15, 0.2) is 11.5 Å². The molecule has 43 heavy (non-hydrogen) atoms. The maximum absolute atomic E-state index is 14.6. The molecule has 17 heteroatoms. The van der Waals surface area contributed by atoms with Gasteiger partial charge in [0.2, 0.25) is 0 Å². The number of hydrogen-bond acceptors (Lipinski definition) is 4. The fraction of sp³-hybridized carbons (Fsp3) is 0.231. The summed E-state index contributed by atoms with van der Waals surface area (Å²) < 4.78 is 157. The molecular formula is C26H15ClF11NO4. The largest absolute Gasteiger partial charge is 0.494 e. The van der Waals surface area contributed by atoms with Gasteiger partial charge in [0.1, 0.15) is 17.4 Å². The lowest BCUT2D eigenvalue weighted by molar-refractivity contribution is -0.348. The molecule has 0 atom stereocenters. The van der Waals surface area contributed by atoms with Crippen LogP contribution in [0.4, 0.5) is 54.0 Å². The number of methoxy groups -OCH3 is 1. The predicted molar refractivity (Wildman–Crippen MR) is 128 cm³/mol. The van der Waals surface area contributed by atoms with Crippen molar-refractivity contribution in [3.63, 3.8) is 0 Å². The van der Waals surface area contributed by atoms with Crippen LogP contribution in [-0.2, 0) is 12.1 Å². The summed E-state index contributed by atoms with van der Waals surface area (Å²) >= 11 is 5.79. The van der Waals surface area contributed by atoms with E-state index in [1.54, 1.807) is 0 Å². The second kappa shape index (κ2) is 12.3. The van der Waals surface area contributed by atoms with Crippen LogP contribution < -0.4 is 14.8 Å². The summed E-state index contributed by atoms with van der Waals surface area (Å²) in [5, 5.41) is 1.06. The van der Waals surface area contributed by atoms with Crippen molar-refractivity contribution >= 4 is 29.0 Å². The molecule has 0 saturated carbocycles. The Hall–Kier alpha value is -4.08. The molecule has 3 aromatic rings. The molecule has 0 saturated heterocycles. The lowest BCUT2D eigenvalue weighted by atomic mass is 9.91. The molecule has 0 aliphatic heterocycles. The van der Waals surface area contributed by atoms with Crippen LogP contribution in [0.5, 0.6) is 11.5 Å². The van der Waals surface area contributed by atoms with Crippen molar-refractivity contribution in [2.24, 2.45) is 0 Å². The SMILES string of the molecule is COc1c(NC(=O)c2ccc(F)cc2F)cccc1C(=O)Cc1c(Cl)cc(C(F)(C(F)(F)F)C(F)(F)F)cc1OC(F)F. The number of Topliss-reactive ketones (excluding diaryl/α,β-unsaturated/α-hetero) is 1. The summed E-state index contributed by atoms with van der Waals surface area (Å²) in [6.07, 6.45) is -14.3. The minimum Gasteiger partial charge on any atom is -0.494 e. The maximum Gasteiger partial charge on any atom is 0.435 e. The Morgan fingerprint density at radius 2 is 1.53 bits per heavy atom. The zero-order valence-corrected chi connectivity index (χ0v) is 21.8. The van der Waals surface area contributed by atoms with Gasteiger partial charge in [-0.25, -0.2) is 13.2 Å². The summed E-state index contributed by atoms with van der Waals surface area (Å²) in [6.45, 7) is -3.86. The fourth-order valence-corrected chi connectivity index (χ4v) is 4.14. The van der Waals surface area contributed by atoms with Crippen LogP contribution in [-0.4, -0.2) is 37.8 Å². The van der Waals surface area contributed by atoms with Crippen molar-refractivity contribution in [1.82, 2.24) is 0 Å². The predicted octanol–water partition coefficient (Wildman–Crippen LogP) is 8.20. The quantitative estimate of drug-likeness (QED) is 0.188. The van der Waals surface area contributed by atoms with Crippen LogP contribution >= 0.6 is 11.6 Å². The second-order valence-electron chi connectivity index (χ2n) is 8.53. The minimum atomic E-state index is -6.61. The number of anilines is 1. The van der Waals surface area contributed by atoms with E-state index < -0.39 is 93.2 Å². The molecule has 3 aromatic carbocycles. The monoisotopic (exact) mass is 649 g/mol. The molecule has 0 heterocycles. The number of nitrogens with one attached hydrogen (secondary N) is 1. The number of hydrogen-bond donors (Lipinski definition) is 1. The molecule has 232 valence electrons. The Kier molecular flexibility index (Phi) is 9.53. The molecule has 0 fully saturated rings. The van der Waals surface area contributed by atoms with Crippen molar-refractivity contribution < 1.29 is 67.4 Å². The molecule has 0 spiro atoms. The molecule has 0 aliphatic carbocycles. The van der Waals surface area contributed by atoms with E-state index in [1.807, 2.05) is 0 Å². The topological polar surface area (TPSA) is 64.6 Å². The van der Waals surface area contributed by atoms with E-state index in [1.165, 1.54) is 6.07 Å². The lowest BCUT2D eigenvalue weighted by Crippen LogP contribution is -2.50. The standard InChI is InChI=1S/C26H15ClF11NO4/c1-42-21-14(3-2-4-18(21)39-22(41)13-6-5-12(28)9-17(13)29)19(40)10-15-16(27)7-11(8-20(15)43-23(30)31)24(32,25(33,34)35)26(36,37)38/h2-9,23H,10H2,1H3,(H,39,41). The molecule has 0 radical (unpaired) electrons. The average molecular weight is 650 g/mol. The van der Waals surface area contributed by atoms with Crippen LogP contribution in [0.3, 0.4) is 0 Å². The van der Waals surface area contributed by atoms with Crippen LogP contribution in [0, 0.1) is 11.6 Å². The number of carbonyl (C=O) groups is 2. The Bertz CT molecular complexity index is 1530. The second-order valence-corrected chi connectivity index (χ2v) is 8.94. The zero-order valence-electron chi connectivity index (χ0n) is 21.1. The number of para-hydroxylation sites is 1. The minimum absolute atomic E-state index is 0.130. The molecule has 0 aromatic heterocycles. The first-order valence-electron chi connectivity index (χ1n) is 11.4. The fourth-order valence-electron chi connectivity index (χ4n) is 3.86. The summed E-state index contributed by atoms with van der Waals surface area (Å²) in [5.41, 5.74) is -10.4. The molecule has 1 N–H and O–H groups in total. The Balaban J connectivity index is 2.05. The van der Waals surface area contributed by atoms with Crippen molar-refractivity contribution in [3.8, 4) is 11.5 Å². The number of ether oxygens (including phenoxy) is 2. The van der Waals surface area contributed by atoms with Crippen LogP contribution in [0.15, 0.2) is 48.5 Å². The van der Waals surface area contributed by atoms with Gasteiger partial charge in [-0.05, 0) is 36.4 Å². The molecule has 1 amide bonds. The van der Waals surface area contributed by atoms with Crippen molar-refractivity contribution in [2.75, 3.05) is 12.4 Å². The molecule has 0 bridgehead atoms. The van der Waals surface area contributed by atoms with Crippen LogP contribution in [0.2, 0.25) is 5.02 Å². The summed E-state index contributed by atoms with van der Waals surface area (Å²) in [6, 6.07) is 5.03. The zero-order chi connectivity index (χ0) is 32.5. The van der Waals surface area contributed by atoms with Gasteiger partial charge in [0, 0.05) is 28.6 Å². The molecule has 0 unspecified atom stereocenters. The number of alkyl halides is 9. The van der Waals surface area contributed by atoms with Gasteiger partial charge >= 0.3 is 24.6 Å². The van der Waals surface area contributed by atoms with Gasteiger partial charge < -0.3 is 14.8 Å². The smallest absolute Gasteiger partial charge is 0.435 e. The van der Waals surface area contributed by atoms with E-state index in [-0.39, 0.29) is 17.8 Å². The number of halogens is 12. The number of carbonyl (C=O) groups excluding carboxylic acids is 2. The third-order valence-electron chi connectivity index (χ3n) is 5.83. The van der Waals surface area contributed by atoms with E-state index in [2.05, 4.69) is 10.1 Å². The first-order valence-corrected chi connectivity index (χ1v) is 11.8.